The monoisotopic (exact) mass is 262 g/mol. The Kier molecular flexibility index (Phi) is 5.08. The molecule has 0 aromatic heterocycles. The van der Waals surface area contributed by atoms with Crippen LogP contribution in [-0.2, 0) is 0 Å². The Hall–Kier alpha value is -1.22. The summed E-state index contributed by atoms with van der Waals surface area (Å²) in [6.45, 7) is 9.65. The van der Waals surface area contributed by atoms with Crippen LogP contribution in [0.15, 0.2) is 24.3 Å². The van der Waals surface area contributed by atoms with Crippen LogP contribution in [0.2, 0.25) is 0 Å². The van der Waals surface area contributed by atoms with Gasteiger partial charge in [0.2, 0.25) is 0 Å². The SMILES string of the molecule is CCNC1CCN(c2ccc(OC(C)C)cc2)CC1. The second-order valence-electron chi connectivity index (χ2n) is 5.48. The highest BCUT2D eigenvalue weighted by molar-refractivity contribution is 5.49. The first kappa shape index (κ1) is 14.2. The van der Waals surface area contributed by atoms with Gasteiger partial charge in [0.05, 0.1) is 6.10 Å². The summed E-state index contributed by atoms with van der Waals surface area (Å²) in [5, 5.41) is 3.54. The molecule has 0 saturated carbocycles. The number of nitrogens with zero attached hydrogens (tertiary/aromatic N) is 1. The zero-order valence-corrected chi connectivity index (χ0v) is 12.4. The Balaban J connectivity index is 1.89. The number of anilines is 1. The third-order valence-corrected chi connectivity index (χ3v) is 3.56. The largest absolute Gasteiger partial charge is 0.491 e. The van der Waals surface area contributed by atoms with Crippen molar-refractivity contribution in [1.29, 1.82) is 0 Å². The Labute approximate surface area is 116 Å². The van der Waals surface area contributed by atoms with Crippen LogP contribution in [0.4, 0.5) is 5.69 Å². The van der Waals surface area contributed by atoms with E-state index in [1.807, 2.05) is 0 Å². The van der Waals surface area contributed by atoms with Gasteiger partial charge in [0, 0.05) is 24.8 Å². The first-order valence-electron chi connectivity index (χ1n) is 7.44. The van der Waals surface area contributed by atoms with E-state index in [1.54, 1.807) is 0 Å². The molecule has 1 saturated heterocycles. The molecule has 1 aliphatic rings. The highest BCUT2D eigenvalue weighted by Crippen LogP contribution is 2.23. The van der Waals surface area contributed by atoms with Crippen molar-refractivity contribution in [2.24, 2.45) is 0 Å². The number of rotatable bonds is 5. The molecule has 1 heterocycles. The van der Waals surface area contributed by atoms with Gasteiger partial charge < -0.3 is 15.0 Å². The maximum Gasteiger partial charge on any atom is 0.119 e. The molecule has 1 aliphatic heterocycles. The molecule has 1 fully saturated rings. The fourth-order valence-corrected chi connectivity index (χ4v) is 2.64. The average molecular weight is 262 g/mol. The Morgan fingerprint density at radius 2 is 1.84 bits per heavy atom. The quantitative estimate of drug-likeness (QED) is 0.882. The van der Waals surface area contributed by atoms with Gasteiger partial charge in [-0.15, -0.1) is 0 Å². The van der Waals surface area contributed by atoms with Gasteiger partial charge in [-0.1, -0.05) is 6.92 Å². The molecule has 0 aliphatic carbocycles. The Bertz CT molecular complexity index is 367. The van der Waals surface area contributed by atoms with Crippen molar-refractivity contribution in [2.45, 2.75) is 45.8 Å². The molecule has 3 heteroatoms. The van der Waals surface area contributed by atoms with Crippen LogP contribution < -0.4 is 15.0 Å². The van der Waals surface area contributed by atoms with Gasteiger partial charge in [-0.2, -0.15) is 0 Å². The summed E-state index contributed by atoms with van der Waals surface area (Å²) in [7, 11) is 0. The average Bonchev–Trinajstić information content (AvgIpc) is 2.40. The van der Waals surface area contributed by atoms with Crippen molar-refractivity contribution in [1.82, 2.24) is 5.32 Å². The summed E-state index contributed by atoms with van der Waals surface area (Å²) in [6, 6.07) is 9.19. The molecule has 0 atom stereocenters. The van der Waals surface area contributed by atoms with Gasteiger partial charge in [0.1, 0.15) is 5.75 Å². The van der Waals surface area contributed by atoms with Crippen LogP contribution in [-0.4, -0.2) is 31.8 Å². The maximum absolute atomic E-state index is 5.68. The molecule has 1 aromatic carbocycles. The first-order chi connectivity index (χ1) is 9.19. The van der Waals surface area contributed by atoms with Crippen molar-refractivity contribution in [2.75, 3.05) is 24.5 Å². The van der Waals surface area contributed by atoms with E-state index in [0.29, 0.717) is 6.04 Å². The third-order valence-electron chi connectivity index (χ3n) is 3.56. The molecule has 19 heavy (non-hydrogen) atoms. The molecular formula is C16H26N2O. The minimum Gasteiger partial charge on any atom is -0.491 e. The zero-order chi connectivity index (χ0) is 13.7. The highest BCUT2D eigenvalue weighted by atomic mass is 16.5. The molecule has 0 radical (unpaired) electrons. The summed E-state index contributed by atoms with van der Waals surface area (Å²) < 4.78 is 5.68. The van der Waals surface area contributed by atoms with Crippen molar-refractivity contribution in [3.8, 4) is 5.75 Å². The van der Waals surface area contributed by atoms with Crippen molar-refractivity contribution >= 4 is 5.69 Å². The van der Waals surface area contributed by atoms with E-state index in [0.717, 1.165) is 25.4 Å². The van der Waals surface area contributed by atoms with Crippen LogP contribution in [0, 0.1) is 0 Å². The van der Waals surface area contributed by atoms with Crippen LogP contribution in [0.25, 0.3) is 0 Å². The molecule has 0 spiro atoms. The van der Waals surface area contributed by atoms with Crippen molar-refractivity contribution in [3.05, 3.63) is 24.3 Å². The van der Waals surface area contributed by atoms with Gasteiger partial charge in [-0.05, 0) is 57.5 Å². The van der Waals surface area contributed by atoms with E-state index < -0.39 is 0 Å². The van der Waals surface area contributed by atoms with E-state index in [1.165, 1.54) is 18.5 Å². The molecule has 2 rings (SSSR count). The van der Waals surface area contributed by atoms with Crippen LogP contribution in [0.1, 0.15) is 33.6 Å². The van der Waals surface area contributed by atoms with Gasteiger partial charge in [-0.3, -0.25) is 0 Å². The normalized spacial score (nSPS) is 16.9. The maximum atomic E-state index is 5.68. The summed E-state index contributed by atoms with van der Waals surface area (Å²) in [4.78, 5) is 2.47. The zero-order valence-electron chi connectivity index (χ0n) is 12.4. The summed E-state index contributed by atoms with van der Waals surface area (Å²) in [6.07, 6.45) is 2.71. The van der Waals surface area contributed by atoms with Crippen LogP contribution in [0.5, 0.6) is 5.75 Å². The molecular weight excluding hydrogens is 236 g/mol. The number of piperidine rings is 1. The molecule has 0 amide bonds. The Morgan fingerprint density at radius 1 is 1.21 bits per heavy atom. The lowest BCUT2D eigenvalue weighted by Crippen LogP contribution is -2.42. The predicted molar refractivity (Wildman–Crippen MR) is 81.1 cm³/mol. The summed E-state index contributed by atoms with van der Waals surface area (Å²) in [5.41, 5.74) is 1.31. The molecule has 0 unspecified atom stereocenters. The molecule has 3 nitrogen and oxygen atoms in total. The summed E-state index contributed by atoms with van der Waals surface area (Å²) in [5.74, 6) is 0.960. The number of hydrogen-bond acceptors (Lipinski definition) is 3. The lowest BCUT2D eigenvalue weighted by molar-refractivity contribution is 0.242. The van der Waals surface area contributed by atoms with Crippen molar-refractivity contribution in [3.63, 3.8) is 0 Å². The predicted octanol–water partition coefficient (Wildman–Crippen LogP) is 3.05. The number of ether oxygens (including phenoxy) is 1. The van der Waals surface area contributed by atoms with E-state index in [2.05, 4.69) is 55.3 Å². The van der Waals surface area contributed by atoms with E-state index in [4.69, 9.17) is 4.74 Å². The van der Waals surface area contributed by atoms with Gasteiger partial charge >= 0.3 is 0 Å². The topological polar surface area (TPSA) is 24.5 Å². The lowest BCUT2D eigenvalue weighted by atomic mass is 10.0. The third kappa shape index (κ3) is 4.13. The highest BCUT2D eigenvalue weighted by Gasteiger charge is 2.18. The van der Waals surface area contributed by atoms with E-state index >= 15 is 0 Å². The number of hydrogen-bond donors (Lipinski definition) is 1. The summed E-state index contributed by atoms with van der Waals surface area (Å²) >= 11 is 0. The number of benzene rings is 1. The Morgan fingerprint density at radius 3 is 2.37 bits per heavy atom. The van der Waals surface area contributed by atoms with Gasteiger partial charge in [0.15, 0.2) is 0 Å². The first-order valence-corrected chi connectivity index (χ1v) is 7.44. The van der Waals surface area contributed by atoms with E-state index in [9.17, 15) is 0 Å². The number of nitrogens with one attached hydrogen (secondary N) is 1. The van der Waals surface area contributed by atoms with Crippen LogP contribution in [0.3, 0.4) is 0 Å². The minimum absolute atomic E-state index is 0.238. The fraction of sp³-hybridized carbons (Fsp3) is 0.625. The van der Waals surface area contributed by atoms with Gasteiger partial charge in [-0.25, -0.2) is 0 Å². The molecule has 106 valence electrons. The standard InChI is InChI=1S/C16H26N2O/c1-4-17-14-9-11-18(12-10-14)15-5-7-16(8-6-15)19-13(2)3/h5-8,13-14,17H,4,9-12H2,1-3H3. The van der Waals surface area contributed by atoms with Crippen molar-refractivity contribution < 1.29 is 4.74 Å². The fourth-order valence-electron chi connectivity index (χ4n) is 2.64. The smallest absolute Gasteiger partial charge is 0.119 e. The van der Waals surface area contributed by atoms with Gasteiger partial charge in [0.25, 0.3) is 0 Å². The molecule has 0 bridgehead atoms. The second kappa shape index (κ2) is 6.80. The molecule has 1 aromatic rings. The minimum atomic E-state index is 0.238. The molecule has 1 N–H and O–H groups in total. The van der Waals surface area contributed by atoms with E-state index in [-0.39, 0.29) is 6.10 Å². The lowest BCUT2D eigenvalue weighted by Gasteiger charge is -2.34. The van der Waals surface area contributed by atoms with Crippen LogP contribution >= 0.6 is 0 Å². The second-order valence-corrected chi connectivity index (χ2v) is 5.48.